The molecule has 0 bridgehead atoms. The van der Waals surface area contributed by atoms with Crippen molar-refractivity contribution in [2.24, 2.45) is 17.3 Å². The lowest BCUT2D eigenvalue weighted by Crippen LogP contribution is -2.39. The molecule has 2 rings (SSSR count). The van der Waals surface area contributed by atoms with Crippen LogP contribution in [0.15, 0.2) is 30.3 Å². The van der Waals surface area contributed by atoms with Gasteiger partial charge in [-0.2, -0.15) is 0 Å². The van der Waals surface area contributed by atoms with Crippen LogP contribution in [0.25, 0.3) is 0 Å². The summed E-state index contributed by atoms with van der Waals surface area (Å²) in [7, 11) is 0. The van der Waals surface area contributed by atoms with Gasteiger partial charge in [0.2, 0.25) is 0 Å². The predicted octanol–water partition coefficient (Wildman–Crippen LogP) is 4.61. The predicted molar refractivity (Wildman–Crippen MR) is 80.1 cm³/mol. The molecule has 1 aromatic rings. The average Bonchev–Trinajstić information content (AvgIpc) is 3.10. The number of ketones is 1. The second kappa shape index (κ2) is 4.77. The normalized spacial score (nSPS) is 19.3. The second-order valence-electron chi connectivity index (χ2n) is 7.36. The molecule has 1 fully saturated rings. The summed E-state index contributed by atoms with van der Waals surface area (Å²) in [5.41, 5.74) is 1.21. The monoisotopic (exact) mass is 258 g/mol. The Labute approximate surface area is 117 Å². The summed E-state index contributed by atoms with van der Waals surface area (Å²) < 4.78 is 0. The van der Waals surface area contributed by atoms with Gasteiger partial charge >= 0.3 is 0 Å². The highest BCUT2D eigenvalue weighted by atomic mass is 16.1. The average molecular weight is 258 g/mol. The molecule has 1 saturated carbocycles. The fourth-order valence-electron chi connectivity index (χ4n) is 3.34. The van der Waals surface area contributed by atoms with E-state index >= 15 is 0 Å². The van der Waals surface area contributed by atoms with Crippen molar-refractivity contribution in [1.82, 2.24) is 0 Å². The summed E-state index contributed by atoms with van der Waals surface area (Å²) in [6.07, 6.45) is 2.31. The van der Waals surface area contributed by atoms with E-state index in [-0.39, 0.29) is 16.7 Å². The molecule has 1 aromatic carbocycles. The highest BCUT2D eigenvalue weighted by Gasteiger charge is 2.55. The fourth-order valence-corrected chi connectivity index (χ4v) is 3.34. The molecule has 0 aromatic heterocycles. The van der Waals surface area contributed by atoms with E-state index in [4.69, 9.17) is 0 Å². The minimum absolute atomic E-state index is 0.111. The van der Waals surface area contributed by atoms with Gasteiger partial charge in [-0.25, -0.2) is 0 Å². The van der Waals surface area contributed by atoms with Gasteiger partial charge in [0.1, 0.15) is 5.78 Å². The van der Waals surface area contributed by atoms with Crippen LogP contribution in [0, 0.1) is 17.3 Å². The number of benzene rings is 1. The molecule has 1 unspecified atom stereocenters. The Balaban J connectivity index is 2.39. The lowest BCUT2D eigenvalue weighted by molar-refractivity contribution is -0.133. The molecule has 0 radical (unpaired) electrons. The van der Waals surface area contributed by atoms with Gasteiger partial charge in [0, 0.05) is 16.7 Å². The van der Waals surface area contributed by atoms with Crippen molar-refractivity contribution in [3.05, 3.63) is 35.9 Å². The molecule has 0 amide bonds. The van der Waals surface area contributed by atoms with E-state index in [0.717, 1.165) is 12.8 Å². The summed E-state index contributed by atoms with van der Waals surface area (Å²) in [6.45, 7) is 10.5. The lowest BCUT2D eigenvalue weighted by atomic mass is 9.68. The first-order valence-electron chi connectivity index (χ1n) is 7.39. The molecule has 0 aliphatic heterocycles. The van der Waals surface area contributed by atoms with Crippen molar-refractivity contribution in [1.29, 1.82) is 0 Å². The van der Waals surface area contributed by atoms with Crippen LogP contribution in [0.4, 0.5) is 0 Å². The molecular weight excluding hydrogens is 232 g/mol. The minimum atomic E-state index is -0.251. The number of hydrogen-bond acceptors (Lipinski definition) is 1. The quantitative estimate of drug-likeness (QED) is 0.771. The third-order valence-corrected chi connectivity index (χ3v) is 4.42. The van der Waals surface area contributed by atoms with E-state index in [9.17, 15) is 4.79 Å². The van der Waals surface area contributed by atoms with Gasteiger partial charge in [0.15, 0.2) is 0 Å². The third kappa shape index (κ3) is 2.61. The second-order valence-corrected chi connectivity index (χ2v) is 7.36. The number of carbonyl (C=O) groups is 1. The van der Waals surface area contributed by atoms with Crippen molar-refractivity contribution in [3.63, 3.8) is 0 Å². The Hall–Kier alpha value is -1.11. The molecular formula is C18H26O. The zero-order chi connectivity index (χ0) is 14.3. The van der Waals surface area contributed by atoms with Crippen LogP contribution in [0.2, 0.25) is 0 Å². The van der Waals surface area contributed by atoms with E-state index in [2.05, 4.69) is 44.2 Å². The molecule has 1 heteroatoms. The van der Waals surface area contributed by atoms with Crippen LogP contribution in [-0.2, 0) is 10.2 Å². The minimum Gasteiger partial charge on any atom is -0.299 e. The number of rotatable bonds is 4. The SMILES string of the molecule is CC(C)C(C(=O)C(C)(C)C)C1(c2ccccc2)CC1. The largest absolute Gasteiger partial charge is 0.299 e. The molecule has 0 saturated heterocycles. The van der Waals surface area contributed by atoms with Crippen molar-refractivity contribution < 1.29 is 4.79 Å². The molecule has 1 aliphatic rings. The van der Waals surface area contributed by atoms with Gasteiger partial charge in [0.05, 0.1) is 0 Å². The maximum absolute atomic E-state index is 12.9. The number of carbonyl (C=O) groups excluding carboxylic acids is 1. The summed E-state index contributed by atoms with van der Waals surface area (Å²) in [5, 5.41) is 0. The van der Waals surface area contributed by atoms with Crippen molar-refractivity contribution >= 4 is 5.78 Å². The highest BCUT2D eigenvalue weighted by Crippen LogP contribution is 2.57. The van der Waals surface area contributed by atoms with Crippen molar-refractivity contribution in [2.75, 3.05) is 0 Å². The van der Waals surface area contributed by atoms with Crippen LogP contribution in [0.5, 0.6) is 0 Å². The van der Waals surface area contributed by atoms with Gasteiger partial charge < -0.3 is 0 Å². The van der Waals surface area contributed by atoms with Gasteiger partial charge in [-0.1, -0.05) is 65.0 Å². The van der Waals surface area contributed by atoms with Gasteiger partial charge in [-0.05, 0) is 24.3 Å². The maximum atomic E-state index is 12.9. The smallest absolute Gasteiger partial charge is 0.142 e. The van der Waals surface area contributed by atoms with E-state index in [1.807, 2.05) is 20.8 Å². The van der Waals surface area contributed by atoms with Crippen molar-refractivity contribution in [3.8, 4) is 0 Å². The summed E-state index contributed by atoms with van der Waals surface area (Å²) in [6, 6.07) is 10.6. The first-order valence-corrected chi connectivity index (χ1v) is 7.39. The zero-order valence-electron chi connectivity index (χ0n) is 12.9. The lowest BCUT2D eigenvalue weighted by Gasteiger charge is -2.34. The first-order chi connectivity index (χ1) is 8.79. The number of Topliss-reactive ketones (excluding diaryl/α,β-unsaturated/α-hetero) is 1. The molecule has 19 heavy (non-hydrogen) atoms. The molecule has 104 valence electrons. The fraction of sp³-hybridized carbons (Fsp3) is 0.611. The molecule has 1 nitrogen and oxygen atoms in total. The summed E-state index contributed by atoms with van der Waals surface area (Å²) in [4.78, 5) is 12.9. The van der Waals surface area contributed by atoms with Gasteiger partial charge in [-0.3, -0.25) is 4.79 Å². The van der Waals surface area contributed by atoms with Crippen LogP contribution >= 0.6 is 0 Å². The highest BCUT2D eigenvalue weighted by molar-refractivity contribution is 5.88. The van der Waals surface area contributed by atoms with E-state index < -0.39 is 0 Å². The molecule has 1 atom stereocenters. The Morgan fingerprint density at radius 2 is 1.63 bits per heavy atom. The van der Waals surface area contributed by atoms with Crippen LogP contribution in [0.3, 0.4) is 0 Å². The summed E-state index contributed by atoms with van der Waals surface area (Å²) >= 11 is 0. The van der Waals surface area contributed by atoms with Crippen LogP contribution in [-0.4, -0.2) is 5.78 Å². The van der Waals surface area contributed by atoms with Gasteiger partial charge in [-0.15, -0.1) is 0 Å². The maximum Gasteiger partial charge on any atom is 0.142 e. The molecule has 1 aliphatic carbocycles. The topological polar surface area (TPSA) is 17.1 Å². The Morgan fingerprint density at radius 3 is 2.00 bits per heavy atom. The number of hydrogen-bond donors (Lipinski definition) is 0. The van der Waals surface area contributed by atoms with E-state index in [0.29, 0.717) is 11.7 Å². The first kappa shape index (κ1) is 14.3. The zero-order valence-corrected chi connectivity index (χ0v) is 12.9. The van der Waals surface area contributed by atoms with Gasteiger partial charge in [0.25, 0.3) is 0 Å². The molecule has 0 spiro atoms. The van der Waals surface area contributed by atoms with Crippen molar-refractivity contribution in [2.45, 2.75) is 52.9 Å². The Kier molecular flexibility index (Phi) is 3.59. The Bertz CT molecular complexity index is 446. The summed E-state index contributed by atoms with van der Waals surface area (Å²) in [5.74, 6) is 0.966. The van der Waals surface area contributed by atoms with Crippen LogP contribution in [0.1, 0.15) is 53.0 Å². The van der Waals surface area contributed by atoms with E-state index in [1.165, 1.54) is 5.56 Å². The Morgan fingerprint density at radius 1 is 1.11 bits per heavy atom. The molecule has 0 heterocycles. The standard InChI is InChI=1S/C18H26O/c1-13(2)15(16(19)17(3,4)5)18(11-12-18)14-9-7-6-8-10-14/h6-10,13,15H,11-12H2,1-5H3. The van der Waals surface area contributed by atoms with Crippen LogP contribution < -0.4 is 0 Å². The third-order valence-electron chi connectivity index (χ3n) is 4.42. The molecule has 0 N–H and O–H groups in total. The van der Waals surface area contributed by atoms with E-state index in [1.54, 1.807) is 0 Å².